The Kier molecular flexibility index (Phi) is 5.93. The number of nitrogens with zero attached hydrogens (tertiary/aromatic N) is 5. The Morgan fingerprint density at radius 1 is 1.12 bits per heavy atom. The highest BCUT2D eigenvalue weighted by Gasteiger charge is 2.32. The summed E-state index contributed by atoms with van der Waals surface area (Å²) in [5.41, 5.74) is 3.68. The highest BCUT2D eigenvalue weighted by molar-refractivity contribution is 7.17. The topological polar surface area (TPSA) is 52.6 Å². The fraction of sp³-hybridized carbons (Fsp3) is 0.400. The Morgan fingerprint density at radius 2 is 1.91 bits per heavy atom. The highest BCUT2D eigenvalue weighted by Crippen LogP contribution is 2.28. The SMILES string of the molecule is CC1CN(c2cncnc2)CC(C)N1CC(=O)N1CC=C(c2ccc3sccc3c2)CC1. The average Bonchev–Trinajstić information content (AvgIpc) is 3.30. The lowest BCUT2D eigenvalue weighted by atomic mass is 9.98. The third-order valence-electron chi connectivity index (χ3n) is 6.72. The average molecular weight is 448 g/mol. The predicted octanol–water partition coefficient (Wildman–Crippen LogP) is 3.91. The molecular weight excluding hydrogens is 418 g/mol. The summed E-state index contributed by atoms with van der Waals surface area (Å²) in [6, 6.07) is 9.44. The van der Waals surface area contributed by atoms with E-state index in [2.05, 4.69) is 69.3 Å². The van der Waals surface area contributed by atoms with Gasteiger partial charge in [-0.05, 0) is 60.4 Å². The third-order valence-corrected chi connectivity index (χ3v) is 7.61. The summed E-state index contributed by atoms with van der Waals surface area (Å²) in [4.78, 5) is 28.1. The highest BCUT2D eigenvalue weighted by atomic mass is 32.1. The summed E-state index contributed by atoms with van der Waals surface area (Å²) in [6.07, 6.45) is 8.43. The molecule has 2 aliphatic heterocycles. The van der Waals surface area contributed by atoms with E-state index in [9.17, 15) is 4.79 Å². The van der Waals surface area contributed by atoms with Gasteiger partial charge in [-0.2, -0.15) is 0 Å². The molecule has 1 saturated heterocycles. The lowest BCUT2D eigenvalue weighted by molar-refractivity contribution is -0.133. The molecule has 5 rings (SSSR count). The quantitative estimate of drug-likeness (QED) is 0.607. The van der Waals surface area contributed by atoms with Gasteiger partial charge in [-0.25, -0.2) is 9.97 Å². The van der Waals surface area contributed by atoms with Gasteiger partial charge in [0.1, 0.15) is 6.33 Å². The monoisotopic (exact) mass is 447 g/mol. The Morgan fingerprint density at radius 3 is 2.62 bits per heavy atom. The number of amides is 1. The van der Waals surface area contributed by atoms with Gasteiger partial charge in [-0.1, -0.05) is 12.1 Å². The minimum Gasteiger partial charge on any atom is -0.366 e. The van der Waals surface area contributed by atoms with Crippen LogP contribution in [-0.2, 0) is 4.79 Å². The van der Waals surface area contributed by atoms with E-state index >= 15 is 0 Å². The van der Waals surface area contributed by atoms with Crippen LogP contribution < -0.4 is 4.90 Å². The maximum Gasteiger partial charge on any atom is 0.237 e. The van der Waals surface area contributed by atoms with Crippen molar-refractivity contribution in [2.45, 2.75) is 32.4 Å². The molecule has 0 aliphatic carbocycles. The number of thiophene rings is 1. The molecule has 2 atom stereocenters. The van der Waals surface area contributed by atoms with Crippen LogP contribution in [0.15, 0.2) is 54.4 Å². The molecule has 32 heavy (non-hydrogen) atoms. The summed E-state index contributed by atoms with van der Waals surface area (Å²) in [5.74, 6) is 0.226. The number of anilines is 1. The van der Waals surface area contributed by atoms with Crippen molar-refractivity contribution in [2.24, 2.45) is 0 Å². The van der Waals surface area contributed by atoms with Crippen molar-refractivity contribution in [3.8, 4) is 0 Å². The van der Waals surface area contributed by atoms with Crippen LogP contribution >= 0.6 is 11.3 Å². The van der Waals surface area contributed by atoms with E-state index in [0.717, 1.165) is 31.7 Å². The molecule has 2 aromatic heterocycles. The van der Waals surface area contributed by atoms with Gasteiger partial charge in [0.05, 0.1) is 24.6 Å². The fourth-order valence-electron chi connectivity index (χ4n) is 4.91. The van der Waals surface area contributed by atoms with E-state index < -0.39 is 0 Å². The number of carbonyl (C=O) groups is 1. The van der Waals surface area contributed by atoms with Crippen LogP contribution in [0.25, 0.3) is 15.7 Å². The number of hydrogen-bond acceptors (Lipinski definition) is 6. The summed E-state index contributed by atoms with van der Waals surface area (Å²) >= 11 is 1.78. The molecule has 2 unspecified atom stereocenters. The molecule has 6 nitrogen and oxygen atoms in total. The number of carbonyl (C=O) groups excluding carboxylic acids is 1. The number of rotatable bonds is 4. The minimum atomic E-state index is 0.226. The second-order valence-corrected chi connectivity index (χ2v) is 9.81. The van der Waals surface area contributed by atoms with Gasteiger partial charge >= 0.3 is 0 Å². The molecule has 0 radical (unpaired) electrons. The van der Waals surface area contributed by atoms with E-state index in [0.29, 0.717) is 13.1 Å². The molecule has 0 saturated carbocycles. The molecule has 166 valence electrons. The van der Waals surface area contributed by atoms with Crippen molar-refractivity contribution < 1.29 is 4.79 Å². The molecule has 1 fully saturated rings. The molecule has 4 heterocycles. The molecular formula is C25H29N5OS. The Balaban J connectivity index is 1.20. The van der Waals surface area contributed by atoms with Crippen LogP contribution in [-0.4, -0.2) is 70.5 Å². The van der Waals surface area contributed by atoms with Crippen LogP contribution in [0.1, 0.15) is 25.8 Å². The molecule has 0 bridgehead atoms. The lowest BCUT2D eigenvalue weighted by Crippen LogP contribution is -2.59. The normalized spacial score (nSPS) is 22.2. The summed E-state index contributed by atoms with van der Waals surface area (Å²) < 4.78 is 1.32. The van der Waals surface area contributed by atoms with Gasteiger partial charge in [0.2, 0.25) is 5.91 Å². The largest absolute Gasteiger partial charge is 0.366 e. The number of piperazine rings is 1. The first-order valence-corrected chi connectivity index (χ1v) is 12.2. The van der Waals surface area contributed by atoms with E-state index in [1.54, 1.807) is 17.7 Å². The molecule has 1 aromatic carbocycles. The molecule has 7 heteroatoms. The van der Waals surface area contributed by atoms with E-state index in [1.807, 2.05) is 17.3 Å². The van der Waals surface area contributed by atoms with E-state index in [1.165, 1.54) is 21.2 Å². The van der Waals surface area contributed by atoms with Crippen molar-refractivity contribution in [2.75, 3.05) is 37.6 Å². The second kappa shape index (κ2) is 9.00. The van der Waals surface area contributed by atoms with Crippen molar-refractivity contribution in [3.05, 3.63) is 60.0 Å². The maximum absolute atomic E-state index is 13.1. The van der Waals surface area contributed by atoms with Gasteiger partial charge in [-0.3, -0.25) is 9.69 Å². The number of fused-ring (bicyclic) bond motifs is 1. The zero-order chi connectivity index (χ0) is 22.1. The maximum atomic E-state index is 13.1. The van der Waals surface area contributed by atoms with E-state index in [4.69, 9.17) is 0 Å². The van der Waals surface area contributed by atoms with Gasteiger partial charge in [-0.15, -0.1) is 11.3 Å². The minimum absolute atomic E-state index is 0.226. The zero-order valence-electron chi connectivity index (χ0n) is 18.6. The number of benzene rings is 1. The van der Waals surface area contributed by atoms with Crippen molar-refractivity contribution in [3.63, 3.8) is 0 Å². The molecule has 1 amide bonds. The molecule has 3 aromatic rings. The van der Waals surface area contributed by atoms with Crippen LogP contribution in [0.3, 0.4) is 0 Å². The number of aromatic nitrogens is 2. The van der Waals surface area contributed by atoms with Crippen molar-refractivity contribution in [1.82, 2.24) is 19.8 Å². The summed E-state index contributed by atoms with van der Waals surface area (Å²) in [7, 11) is 0. The Hall–Kier alpha value is -2.77. The van der Waals surface area contributed by atoms with Crippen LogP contribution in [0.4, 0.5) is 5.69 Å². The first-order chi connectivity index (χ1) is 15.6. The van der Waals surface area contributed by atoms with Crippen LogP contribution in [0.5, 0.6) is 0 Å². The standard InChI is InChI=1S/C25H29N5OS/c1-18-14-29(23-12-26-17-27-13-23)15-19(2)30(18)16-25(31)28-8-5-20(6-9-28)21-3-4-24-22(11-21)7-10-32-24/h3-5,7,10-13,17-19H,6,8-9,14-16H2,1-2H3. The summed E-state index contributed by atoms with van der Waals surface area (Å²) in [5, 5.41) is 3.44. The smallest absolute Gasteiger partial charge is 0.237 e. The van der Waals surface area contributed by atoms with Gasteiger partial charge in [0.25, 0.3) is 0 Å². The van der Waals surface area contributed by atoms with Crippen LogP contribution in [0.2, 0.25) is 0 Å². The van der Waals surface area contributed by atoms with Gasteiger partial charge in [0, 0.05) is 43.0 Å². The molecule has 0 N–H and O–H groups in total. The fourth-order valence-corrected chi connectivity index (χ4v) is 5.68. The Labute approximate surface area is 193 Å². The number of hydrogen-bond donors (Lipinski definition) is 0. The van der Waals surface area contributed by atoms with Gasteiger partial charge < -0.3 is 9.80 Å². The second-order valence-electron chi connectivity index (χ2n) is 8.86. The lowest BCUT2D eigenvalue weighted by Gasteiger charge is -2.45. The van der Waals surface area contributed by atoms with Crippen molar-refractivity contribution in [1.29, 1.82) is 0 Å². The predicted molar refractivity (Wildman–Crippen MR) is 131 cm³/mol. The molecule has 0 spiro atoms. The third kappa shape index (κ3) is 4.27. The first kappa shape index (κ1) is 21.1. The van der Waals surface area contributed by atoms with Crippen molar-refractivity contribution >= 4 is 38.6 Å². The van der Waals surface area contributed by atoms with Gasteiger partial charge in [0.15, 0.2) is 0 Å². The zero-order valence-corrected chi connectivity index (χ0v) is 19.5. The Bertz CT molecular complexity index is 1120. The van der Waals surface area contributed by atoms with E-state index in [-0.39, 0.29) is 18.0 Å². The first-order valence-electron chi connectivity index (χ1n) is 11.3. The molecule has 2 aliphatic rings. The van der Waals surface area contributed by atoms with Crippen LogP contribution in [0, 0.1) is 0 Å². The summed E-state index contributed by atoms with van der Waals surface area (Å²) in [6.45, 7) is 8.12.